The van der Waals surface area contributed by atoms with Gasteiger partial charge in [0.15, 0.2) is 0 Å². The lowest BCUT2D eigenvalue weighted by atomic mass is 10.1. The average Bonchev–Trinajstić information content (AvgIpc) is 2.63. The highest BCUT2D eigenvalue weighted by Gasteiger charge is 2.23. The first-order chi connectivity index (χ1) is 6.86. The van der Waals surface area contributed by atoms with Gasteiger partial charge in [-0.2, -0.15) is 5.10 Å². The van der Waals surface area contributed by atoms with E-state index in [2.05, 4.69) is 15.5 Å². The summed E-state index contributed by atoms with van der Waals surface area (Å²) in [6, 6.07) is 4.16. The molecular weight excluding hydrogens is 176 g/mol. The maximum Gasteiger partial charge on any atom is 0.148 e. The van der Waals surface area contributed by atoms with Crippen LogP contribution >= 0.6 is 0 Å². The lowest BCUT2D eigenvalue weighted by molar-refractivity contribution is 0.504. The van der Waals surface area contributed by atoms with E-state index in [0.29, 0.717) is 12.0 Å². The molecule has 76 valence electrons. The first-order valence-electron chi connectivity index (χ1n) is 5.13. The summed E-state index contributed by atoms with van der Waals surface area (Å²) < 4.78 is 0. The van der Waals surface area contributed by atoms with E-state index in [1.54, 1.807) is 6.20 Å². The van der Waals surface area contributed by atoms with Crippen LogP contribution in [0, 0.1) is 5.92 Å². The predicted molar refractivity (Wildman–Crippen MR) is 55.8 cm³/mol. The fraction of sp³-hybridized carbons (Fsp3) is 0.600. The monoisotopic (exact) mass is 192 g/mol. The Hall–Kier alpha value is -1.16. The van der Waals surface area contributed by atoms with Crippen molar-refractivity contribution in [2.75, 3.05) is 11.9 Å². The summed E-state index contributed by atoms with van der Waals surface area (Å²) in [5, 5.41) is 11.0. The summed E-state index contributed by atoms with van der Waals surface area (Å²) in [5.74, 6) is 1.43. The van der Waals surface area contributed by atoms with Crippen molar-refractivity contribution in [3.05, 3.63) is 18.3 Å². The van der Waals surface area contributed by atoms with Crippen LogP contribution in [0.5, 0.6) is 0 Å². The van der Waals surface area contributed by atoms with Gasteiger partial charge in [-0.3, -0.25) is 0 Å². The Kier molecular flexibility index (Phi) is 2.93. The molecule has 4 nitrogen and oxygen atoms in total. The molecule has 0 amide bonds. The second-order valence-electron chi connectivity index (χ2n) is 3.84. The van der Waals surface area contributed by atoms with Crippen LogP contribution in [0.25, 0.3) is 0 Å². The summed E-state index contributed by atoms with van der Waals surface area (Å²) in [7, 11) is 0. The molecule has 0 aromatic carbocycles. The van der Waals surface area contributed by atoms with Gasteiger partial charge in [-0.05, 0) is 30.9 Å². The van der Waals surface area contributed by atoms with Crippen molar-refractivity contribution >= 4 is 5.82 Å². The topological polar surface area (TPSA) is 63.8 Å². The Balaban J connectivity index is 1.82. The molecule has 14 heavy (non-hydrogen) atoms. The zero-order chi connectivity index (χ0) is 9.80. The average molecular weight is 192 g/mol. The van der Waals surface area contributed by atoms with Crippen molar-refractivity contribution in [3.63, 3.8) is 0 Å². The van der Waals surface area contributed by atoms with Gasteiger partial charge in [0, 0.05) is 18.8 Å². The van der Waals surface area contributed by atoms with E-state index in [9.17, 15) is 0 Å². The molecular formula is C10H16N4. The molecule has 0 radical (unpaired) electrons. The first-order valence-corrected chi connectivity index (χ1v) is 5.13. The minimum Gasteiger partial charge on any atom is -0.368 e. The van der Waals surface area contributed by atoms with Crippen molar-refractivity contribution in [1.82, 2.24) is 10.2 Å². The predicted octanol–water partition coefficient (Wildman–Crippen LogP) is 1.02. The fourth-order valence-electron chi connectivity index (χ4n) is 1.95. The zero-order valence-electron chi connectivity index (χ0n) is 8.19. The quantitative estimate of drug-likeness (QED) is 0.750. The summed E-state index contributed by atoms with van der Waals surface area (Å²) >= 11 is 0. The number of hydrogen-bond donors (Lipinski definition) is 2. The molecule has 1 saturated carbocycles. The molecule has 1 aromatic rings. The van der Waals surface area contributed by atoms with Gasteiger partial charge in [-0.15, -0.1) is 5.10 Å². The van der Waals surface area contributed by atoms with E-state index in [1.165, 1.54) is 12.8 Å². The van der Waals surface area contributed by atoms with Gasteiger partial charge in [0.25, 0.3) is 0 Å². The first kappa shape index (κ1) is 9.40. The standard InChI is InChI=1S/C10H16N4/c11-9-4-1-3-8(9)7-12-10-5-2-6-13-14-10/h2,5-6,8-9H,1,3-4,7,11H2,(H,12,14). The van der Waals surface area contributed by atoms with Crippen molar-refractivity contribution in [3.8, 4) is 0 Å². The Labute approximate surface area is 83.9 Å². The number of anilines is 1. The van der Waals surface area contributed by atoms with E-state index >= 15 is 0 Å². The molecule has 0 aliphatic heterocycles. The number of hydrogen-bond acceptors (Lipinski definition) is 4. The highest BCUT2D eigenvalue weighted by Crippen LogP contribution is 2.23. The molecule has 0 saturated heterocycles. The van der Waals surface area contributed by atoms with Gasteiger partial charge in [0.05, 0.1) is 0 Å². The minimum atomic E-state index is 0.360. The number of nitrogens with two attached hydrogens (primary N) is 1. The summed E-state index contributed by atoms with van der Waals surface area (Å²) in [6.45, 7) is 0.917. The van der Waals surface area contributed by atoms with Crippen LogP contribution in [0.2, 0.25) is 0 Å². The maximum atomic E-state index is 5.97. The van der Waals surface area contributed by atoms with Gasteiger partial charge in [-0.1, -0.05) is 6.42 Å². The fourth-order valence-corrected chi connectivity index (χ4v) is 1.95. The molecule has 1 heterocycles. The molecule has 1 aliphatic carbocycles. The molecule has 2 atom stereocenters. The van der Waals surface area contributed by atoms with Crippen LogP contribution in [-0.4, -0.2) is 22.8 Å². The van der Waals surface area contributed by atoms with Crippen LogP contribution in [0.1, 0.15) is 19.3 Å². The van der Waals surface area contributed by atoms with Crippen LogP contribution in [0.3, 0.4) is 0 Å². The van der Waals surface area contributed by atoms with Gasteiger partial charge in [-0.25, -0.2) is 0 Å². The third kappa shape index (κ3) is 2.20. The van der Waals surface area contributed by atoms with Crippen molar-refractivity contribution < 1.29 is 0 Å². The molecule has 0 spiro atoms. The summed E-state index contributed by atoms with van der Waals surface area (Å²) in [6.07, 6.45) is 5.32. The second kappa shape index (κ2) is 4.37. The summed E-state index contributed by atoms with van der Waals surface area (Å²) in [5.41, 5.74) is 5.97. The lowest BCUT2D eigenvalue weighted by Gasteiger charge is -2.15. The SMILES string of the molecule is NC1CCCC1CNc1cccnn1. The van der Waals surface area contributed by atoms with E-state index in [4.69, 9.17) is 5.73 Å². The Morgan fingerprint density at radius 3 is 3.07 bits per heavy atom. The molecule has 0 bridgehead atoms. The molecule has 2 unspecified atom stereocenters. The summed E-state index contributed by atoms with van der Waals surface area (Å²) in [4.78, 5) is 0. The van der Waals surface area contributed by atoms with E-state index in [0.717, 1.165) is 18.8 Å². The zero-order valence-corrected chi connectivity index (χ0v) is 8.19. The molecule has 4 heteroatoms. The van der Waals surface area contributed by atoms with E-state index in [-0.39, 0.29) is 0 Å². The van der Waals surface area contributed by atoms with Crippen LogP contribution < -0.4 is 11.1 Å². The Bertz CT molecular complexity index is 275. The van der Waals surface area contributed by atoms with Crippen LogP contribution in [0.15, 0.2) is 18.3 Å². The van der Waals surface area contributed by atoms with Gasteiger partial charge in [0.2, 0.25) is 0 Å². The Morgan fingerprint density at radius 2 is 2.43 bits per heavy atom. The number of aromatic nitrogens is 2. The molecule has 1 fully saturated rings. The number of rotatable bonds is 3. The highest BCUT2D eigenvalue weighted by atomic mass is 15.2. The highest BCUT2D eigenvalue weighted by molar-refractivity contribution is 5.31. The maximum absolute atomic E-state index is 5.97. The van der Waals surface area contributed by atoms with Crippen LogP contribution in [0.4, 0.5) is 5.82 Å². The minimum absolute atomic E-state index is 0.360. The van der Waals surface area contributed by atoms with E-state index in [1.807, 2.05) is 12.1 Å². The van der Waals surface area contributed by atoms with Crippen molar-refractivity contribution in [1.29, 1.82) is 0 Å². The number of nitrogens with one attached hydrogen (secondary N) is 1. The van der Waals surface area contributed by atoms with Gasteiger partial charge in [0.1, 0.15) is 5.82 Å². The van der Waals surface area contributed by atoms with Crippen molar-refractivity contribution in [2.45, 2.75) is 25.3 Å². The molecule has 2 rings (SSSR count). The van der Waals surface area contributed by atoms with E-state index < -0.39 is 0 Å². The van der Waals surface area contributed by atoms with Crippen LogP contribution in [-0.2, 0) is 0 Å². The normalized spacial score (nSPS) is 26.4. The third-order valence-electron chi connectivity index (χ3n) is 2.84. The Morgan fingerprint density at radius 1 is 1.50 bits per heavy atom. The molecule has 1 aliphatic rings. The third-order valence-corrected chi connectivity index (χ3v) is 2.84. The molecule has 3 N–H and O–H groups in total. The lowest BCUT2D eigenvalue weighted by Crippen LogP contribution is -2.29. The molecule has 1 aromatic heterocycles. The smallest absolute Gasteiger partial charge is 0.148 e. The second-order valence-corrected chi connectivity index (χ2v) is 3.84. The largest absolute Gasteiger partial charge is 0.368 e. The van der Waals surface area contributed by atoms with Gasteiger partial charge < -0.3 is 11.1 Å². The number of nitrogens with zero attached hydrogens (tertiary/aromatic N) is 2. The van der Waals surface area contributed by atoms with Crippen molar-refractivity contribution in [2.24, 2.45) is 11.7 Å². The van der Waals surface area contributed by atoms with Gasteiger partial charge >= 0.3 is 0 Å².